The number of pyridine rings is 1. The zero-order valence-electron chi connectivity index (χ0n) is 14.9. The van der Waals surface area contributed by atoms with Crippen LogP contribution in [0.3, 0.4) is 0 Å². The van der Waals surface area contributed by atoms with Gasteiger partial charge in [-0.05, 0) is 18.2 Å². The summed E-state index contributed by atoms with van der Waals surface area (Å²) in [5.74, 6) is -2.08. The molecule has 30 heavy (non-hydrogen) atoms. The first-order valence-corrected chi connectivity index (χ1v) is 8.64. The maximum Gasteiger partial charge on any atom is 0.422 e. The molecular weight excluding hydrogens is 435 g/mol. The zero-order chi connectivity index (χ0) is 21.9. The van der Waals surface area contributed by atoms with E-state index in [1.807, 2.05) is 0 Å². The number of ether oxygens (including phenoxy) is 1. The molecule has 0 bridgehead atoms. The molecule has 6 nitrogen and oxygen atoms in total. The fraction of sp³-hybridized carbons (Fsp3) is 0.167. The van der Waals surface area contributed by atoms with Crippen molar-refractivity contribution in [3.05, 3.63) is 75.3 Å². The molecule has 0 atom stereocenters. The molecule has 2 heterocycles. The molecule has 3 rings (SSSR count). The summed E-state index contributed by atoms with van der Waals surface area (Å²) in [5, 5.41) is 6.20. The maximum atomic E-state index is 13.9. The van der Waals surface area contributed by atoms with Crippen molar-refractivity contribution in [3.63, 3.8) is 0 Å². The predicted molar refractivity (Wildman–Crippen MR) is 97.9 cm³/mol. The highest BCUT2D eigenvalue weighted by Gasteiger charge is 2.29. The molecule has 0 unspecified atom stereocenters. The molecule has 0 saturated carbocycles. The van der Waals surface area contributed by atoms with Crippen LogP contribution >= 0.6 is 11.6 Å². The molecule has 0 aliphatic heterocycles. The number of aromatic nitrogens is 3. The third kappa shape index (κ3) is 5.03. The fourth-order valence-corrected chi connectivity index (χ4v) is 2.61. The standard InChI is InChI=1S/C18H12ClF5N4O2/c19-15-13(8-27-28(17(15)29)14-4-3-11(20)6-12(14)21)26-7-10-2-1-5-25-16(10)30-9-18(22,23)24/h1-6,8,26H,7,9H2. The summed E-state index contributed by atoms with van der Waals surface area (Å²) in [5.41, 5.74) is -0.866. The summed E-state index contributed by atoms with van der Waals surface area (Å²) >= 11 is 6.03. The summed E-state index contributed by atoms with van der Waals surface area (Å²) < 4.78 is 69.4. The van der Waals surface area contributed by atoms with Crippen LogP contribution in [0.4, 0.5) is 27.6 Å². The van der Waals surface area contributed by atoms with Crippen LogP contribution in [0, 0.1) is 11.6 Å². The van der Waals surface area contributed by atoms with Gasteiger partial charge in [0.05, 0.1) is 11.9 Å². The minimum absolute atomic E-state index is 0.0473. The van der Waals surface area contributed by atoms with Crippen LogP contribution in [-0.4, -0.2) is 27.5 Å². The average Bonchev–Trinajstić information content (AvgIpc) is 2.68. The molecule has 0 radical (unpaired) electrons. The van der Waals surface area contributed by atoms with Gasteiger partial charge in [0.1, 0.15) is 16.5 Å². The van der Waals surface area contributed by atoms with E-state index in [0.717, 1.165) is 18.3 Å². The molecule has 158 valence electrons. The van der Waals surface area contributed by atoms with Gasteiger partial charge in [0.15, 0.2) is 12.4 Å². The van der Waals surface area contributed by atoms with Gasteiger partial charge in [0.2, 0.25) is 5.88 Å². The molecule has 0 amide bonds. The first-order valence-electron chi connectivity index (χ1n) is 8.26. The lowest BCUT2D eigenvalue weighted by molar-refractivity contribution is -0.154. The second-order valence-electron chi connectivity index (χ2n) is 5.91. The highest BCUT2D eigenvalue weighted by atomic mass is 35.5. The van der Waals surface area contributed by atoms with Crippen LogP contribution in [0.15, 0.2) is 47.5 Å². The molecule has 2 aromatic heterocycles. The van der Waals surface area contributed by atoms with Gasteiger partial charge in [0, 0.05) is 24.4 Å². The van der Waals surface area contributed by atoms with E-state index >= 15 is 0 Å². The molecule has 3 aromatic rings. The van der Waals surface area contributed by atoms with E-state index in [2.05, 4.69) is 20.1 Å². The Morgan fingerprint density at radius 2 is 1.97 bits per heavy atom. The lowest BCUT2D eigenvalue weighted by Gasteiger charge is -2.14. The summed E-state index contributed by atoms with van der Waals surface area (Å²) in [6, 6.07) is 5.54. The summed E-state index contributed by atoms with van der Waals surface area (Å²) in [6.45, 7) is -1.60. The topological polar surface area (TPSA) is 69.0 Å². The number of hydrogen-bond acceptors (Lipinski definition) is 5. The second-order valence-corrected chi connectivity index (χ2v) is 6.29. The molecule has 0 aliphatic rings. The molecule has 0 aliphatic carbocycles. The van der Waals surface area contributed by atoms with E-state index < -0.39 is 30.0 Å². The lowest BCUT2D eigenvalue weighted by Crippen LogP contribution is -2.24. The Morgan fingerprint density at radius 1 is 1.20 bits per heavy atom. The van der Waals surface area contributed by atoms with Crippen molar-refractivity contribution in [3.8, 4) is 11.6 Å². The summed E-state index contributed by atoms with van der Waals surface area (Å²) in [6.07, 6.45) is -2.14. The lowest BCUT2D eigenvalue weighted by atomic mass is 10.2. The van der Waals surface area contributed by atoms with Gasteiger partial charge in [-0.25, -0.2) is 13.8 Å². The molecular formula is C18H12ClF5N4O2. The Labute approximate surface area is 170 Å². The zero-order valence-corrected chi connectivity index (χ0v) is 15.6. The first kappa shape index (κ1) is 21.5. The van der Waals surface area contributed by atoms with Gasteiger partial charge in [0.25, 0.3) is 5.56 Å². The highest BCUT2D eigenvalue weighted by molar-refractivity contribution is 6.32. The van der Waals surface area contributed by atoms with E-state index in [9.17, 15) is 26.7 Å². The van der Waals surface area contributed by atoms with Gasteiger partial charge >= 0.3 is 6.18 Å². The van der Waals surface area contributed by atoms with Crippen LogP contribution < -0.4 is 15.6 Å². The minimum Gasteiger partial charge on any atom is -0.468 e. The Balaban J connectivity index is 1.81. The van der Waals surface area contributed by atoms with Crippen LogP contribution in [0.1, 0.15) is 5.56 Å². The number of nitrogens with one attached hydrogen (secondary N) is 1. The first-order chi connectivity index (χ1) is 14.2. The maximum absolute atomic E-state index is 13.9. The van der Waals surface area contributed by atoms with Gasteiger partial charge in [-0.1, -0.05) is 17.7 Å². The van der Waals surface area contributed by atoms with E-state index in [-0.39, 0.29) is 34.4 Å². The third-order valence-electron chi connectivity index (χ3n) is 3.75. The van der Waals surface area contributed by atoms with E-state index in [1.54, 1.807) is 0 Å². The molecule has 1 aromatic carbocycles. The van der Waals surface area contributed by atoms with Crippen molar-refractivity contribution in [2.24, 2.45) is 0 Å². The highest BCUT2D eigenvalue weighted by Crippen LogP contribution is 2.23. The Bertz CT molecular complexity index is 1120. The number of hydrogen-bond donors (Lipinski definition) is 1. The molecule has 0 fully saturated rings. The second kappa shape index (κ2) is 8.66. The molecule has 0 spiro atoms. The largest absolute Gasteiger partial charge is 0.468 e. The van der Waals surface area contributed by atoms with E-state index in [0.29, 0.717) is 10.7 Å². The summed E-state index contributed by atoms with van der Waals surface area (Å²) in [7, 11) is 0. The van der Waals surface area contributed by atoms with Gasteiger partial charge < -0.3 is 10.1 Å². The number of anilines is 1. The van der Waals surface area contributed by atoms with Gasteiger partial charge in [-0.3, -0.25) is 4.79 Å². The fourth-order valence-electron chi connectivity index (χ4n) is 2.41. The van der Waals surface area contributed by atoms with Crippen LogP contribution in [0.25, 0.3) is 5.69 Å². The van der Waals surface area contributed by atoms with Crippen LogP contribution in [-0.2, 0) is 6.54 Å². The van der Waals surface area contributed by atoms with E-state index in [1.165, 1.54) is 18.3 Å². The Hall–Kier alpha value is -3.21. The van der Waals surface area contributed by atoms with Crippen molar-refractivity contribution in [1.82, 2.24) is 14.8 Å². The SMILES string of the molecule is O=c1c(Cl)c(NCc2cccnc2OCC(F)(F)F)cnn1-c1ccc(F)cc1F. The number of nitrogens with zero attached hydrogens (tertiary/aromatic N) is 3. The third-order valence-corrected chi connectivity index (χ3v) is 4.11. The van der Waals surface area contributed by atoms with Crippen LogP contribution in [0.2, 0.25) is 5.02 Å². The summed E-state index contributed by atoms with van der Waals surface area (Å²) in [4.78, 5) is 16.2. The quantitative estimate of drug-likeness (QED) is 0.577. The number of benzene rings is 1. The average molecular weight is 447 g/mol. The monoisotopic (exact) mass is 446 g/mol. The number of halogens is 6. The van der Waals surface area contributed by atoms with Crippen molar-refractivity contribution < 1.29 is 26.7 Å². The number of alkyl halides is 3. The minimum atomic E-state index is -4.53. The van der Waals surface area contributed by atoms with Crippen LogP contribution in [0.5, 0.6) is 5.88 Å². The molecule has 12 heteroatoms. The molecule has 1 N–H and O–H groups in total. The van der Waals surface area contributed by atoms with Crippen molar-refractivity contribution in [2.75, 3.05) is 11.9 Å². The van der Waals surface area contributed by atoms with E-state index in [4.69, 9.17) is 11.6 Å². The van der Waals surface area contributed by atoms with Crippen molar-refractivity contribution >= 4 is 17.3 Å². The van der Waals surface area contributed by atoms with Gasteiger partial charge in [-0.15, -0.1) is 0 Å². The Morgan fingerprint density at radius 3 is 2.67 bits per heavy atom. The van der Waals surface area contributed by atoms with Crippen molar-refractivity contribution in [2.45, 2.75) is 12.7 Å². The van der Waals surface area contributed by atoms with Gasteiger partial charge in [-0.2, -0.15) is 23.0 Å². The number of rotatable bonds is 6. The smallest absolute Gasteiger partial charge is 0.422 e. The predicted octanol–water partition coefficient (Wildman–Crippen LogP) is 4.11. The Kier molecular flexibility index (Phi) is 6.20. The normalized spacial score (nSPS) is 11.4. The molecule has 0 saturated heterocycles. The van der Waals surface area contributed by atoms with Crippen molar-refractivity contribution in [1.29, 1.82) is 0 Å².